The molecule has 0 bridgehead atoms. The molecule has 0 aliphatic carbocycles. The molecule has 19 heavy (non-hydrogen) atoms. The molecule has 0 saturated heterocycles. The highest BCUT2D eigenvalue weighted by Crippen LogP contribution is 2.19. The standard InChI is InChI=1S/C15H20N4/c1-11(12-5-3-2-4-6-12)9-10-18-14-8-7-13(16)15(17)19-14/h2-8,11H,9-10,16H2,1H3,(H3,17,18,19). The van der Waals surface area contributed by atoms with Crippen molar-refractivity contribution in [2.24, 2.45) is 0 Å². The number of nitrogens with zero attached hydrogens (tertiary/aromatic N) is 1. The van der Waals surface area contributed by atoms with E-state index in [0.717, 1.165) is 18.8 Å². The van der Waals surface area contributed by atoms with Crippen LogP contribution in [-0.4, -0.2) is 11.5 Å². The molecule has 100 valence electrons. The van der Waals surface area contributed by atoms with Gasteiger partial charge in [-0.25, -0.2) is 4.98 Å². The Hall–Kier alpha value is -2.23. The van der Waals surface area contributed by atoms with Gasteiger partial charge in [-0.15, -0.1) is 0 Å². The maximum atomic E-state index is 5.67. The molecule has 0 saturated carbocycles. The average molecular weight is 256 g/mol. The first-order valence-electron chi connectivity index (χ1n) is 6.47. The van der Waals surface area contributed by atoms with Crippen LogP contribution >= 0.6 is 0 Å². The van der Waals surface area contributed by atoms with E-state index in [4.69, 9.17) is 11.5 Å². The van der Waals surface area contributed by atoms with E-state index in [0.29, 0.717) is 17.4 Å². The van der Waals surface area contributed by atoms with Gasteiger partial charge >= 0.3 is 0 Å². The first-order valence-corrected chi connectivity index (χ1v) is 6.47. The molecule has 0 aliphatic rings. The van der Waals surface area contributed by atoms with Gasteiger partial charge in [0.05, 0.1) is 5.69 Å². The molecule has 0 spiro atoms. The van der Waals surface area contributed by atoms with Crippen LogP contribution in [-0.2, 0) is 0 Å². The van der Waals surface area contributed by atoms with E-state index in [9.17, 15) is 0 Å². The molecule has 4 nitrogen and oxygen atoms in total. The van der Waals surface area contributed by atoms with E-state index in [1.807, 2.05) is 12.1 Å². The predicted molar refractivity (Wildman–Crippen MR) is 81.0 cm³/mol. The Balaban J connectivity index is 1.85. The number of nitrogens with one attached hydrogen (secondary N) is 1. The van der Waals surface area contributed by atoms with Gasteiger partial charge in [-0.1, -0.05) is 37.3 Å². The molecule has 0 fully saturated rings. The molecule has 1 atom stereocenters. The first kappa shape index (κ1) is 13.2. The Labute approximate surface area is 113 Å². The Morgan fingerprint density at radius 1 is 1.11 bits per heavy atom. The SMILES string of the molecule is CC(CCNc1ccc(N)c(N)n1)c1ccccc1. The van der Waals surface area contributed by atoms with Gasteiger partial charge in [0.2, 0.25) is 0 Å². The minimum atomic E-state index is 0.376. The molecule has 1 aromatic carbocycles. The first-order chi connectivity index (χ1) is 9.16. The number of hydrogen-bond donors (Lipinski definition) is 3. The largest absolute Gasteiger partial charge is 0.396 e. The van der Waals surface area contributed by atoms with Crippen molar-refractivity contribution < 1.29 is 0 Å². The van der Waals surface area contributed by atoms with Crippen LogP contribution in [0.25, 0.3) is 0 Å². The van der Waals surface area contributed by atoms with Crippen LogP contribution < -0.4 is 16.8 Å². The zero-order valence-electron chi connectivity index (χ0n) is 11.1. The van der Waals surface area contributed by atoms with Gasteiger partial charge in [0.15, 0.2) is 0 Å². The number of benzene rings is 1. The van der Waals surface area contributed by atoms with Crippen LogP contribution in [0, 0.1) is 0 Å². The number of nitrogens with two attached hydrogens (primary N) is 2. The summed E-state index contributed by atoms with van der Waals surface area (Å²) in [6.07, 6.45) is 1.04. The van der Waals surface area contributed by atoms with Crippen molar-refractivity contribution in [3.63, 3.8) is 0 Å². The Bertz CT molecular complexity index is 525. The van der Waals surface area contributed by atoms with Crippen LogP contribution in [0.5, 0.6) is 0 Å². The normalized spacial score (nSPS) is 12.1. The number of aromatic nitrogens is 1. The molecule has 0 amide bonds. The lowest BCUT2D eigenvalue weighted by molar-refractivity contribution is 0.705. The summed E-state index contributed by atoms with van der Waals surface area (Å²) in [6.45, 7) is 3.08. The Morgan fingerprint density at radius 3 is 2.53 bits per heavy atom. The molecule has 2 rings (SSSR count). The number of nitrogen functional groups attached to an aromatic ring is 2. The summed E-state index contributed by atoms with van der Waals surface area (Å²) in [4.78, 5) is 4.18. The summed E-state index contributed by atoms with van der Waals surface area (Å²) in [5, 5.41) is 3.27. The van der Waals surface area contributed by atoms with Gasteiger partial charge in [-0.05, 0) is 30.0 Å². The van der Waals surface area contributed by atoms with E-state index < -0.39 is 0 Å². The van der Waals surface area contributed by atoms with Crippen molar-refractivity contribution in [1.29, 1.82) is 0 Å². The van der Waals surface area contributed by atoms with E-state index in [1.54, 1.807) is 6.07 Å². The lowest BCUT2D eigenvalue weighted by Crippen LogP contribution is -2.08. The highest BCUT2D eigenvalue weighted by molar-refractivity contribution is 5.61. The third-order valence-corrected chi connectivity index (χ3v) is 3.21. The highest BCUT2D eigenvalue weighted by Gasteiger charge is 2.05. The molecule has 4 heteroatoms. The predicted octanol–water partition coefficient (Wildman–Crippen LogP) is 2.85. The Morgan fingerprint density at radius 2 is 1.84 bits per heavy atom. The molecule has 0 radical (unpaired) electrons. The van der Waals surface area contributed by atoms with Crippen molar-refractivity contribution in [1.82, 2.24) is 4.98 Å². The van der Waals surface area contributed by atoms with Crippen molar-refractivity contribution in [2.75, 3.05) is 23.3 Å². The van der Waals surface area contributed by atoms with E-state index in [1.165, 1.54) is 5.56 Å². The molecule has 1 unspecified atom stereocenters. The lowest BCUT2D eigenvalue weighted by Gasteiger charge is -2.13. The van der Waals surface area contributed by atoms with Crippen molar-refractivity contribution in [3.8, 4) is 0 Å². The van der Waals surface area contributed by atoms with E-state index in [-0.39, 0.29) is 0 Å². The van der Waals surface area contributed by atoms with Crippen LogP contribution in [0.15, 0.2) is 42.5 Å². The summed E-state index contributed by atoms with van der Waals surface area (Å²) < 4.78 is 0. The van der Waals surface area contributed by atoms with Crippen LogP contribution in [0.4, 0.5) is 17.3 Å². The lowest BCUT2D eigenvalue weighted by atomic mass is 9.98. The summed E-state index contributed by atoms with van der Waals surface area (Å²) in [6, 6.07) is 14.1. The topological polar surface area (TPSA) is 77.0 Å². The molecule has 1 aromatic heterocycles. The van der Waals surface area contributed by atoms with Crippen molar-refractivity contribution in [3.05, 3.63) is 48.0 Å². The number of anilines is 3. The summed E-state index contributed by atoms with van der Waals surface area (Å²) >= 11 is 0. The highest BCUT2D eigenvalue weighted by atomic mass is 15.0. The third kappa shape index (κ3) is 3.61. The van der Waals surface area contributed by atoms with Gasteiger partial charge in [-0.2, -0.15) is 0 Å². The maximum absolute atomic E-state index is 5.67. The van der Waals surface area contributed by atoms with Crippen LogP contribution in [0.3, 0.4) is 0 Å². The molecular weight excluding hydrogens is 236 g/mol. The van der Waals surface area contributed by atoms with Gasteiger partial charge in [0.1, 0.15) is 11.6 Å². The van der Waals surface area contributed by atoms with E-state index >= 15 is 0 Å². The molecular formula is C15H20N4. The second kappa shape index (κ2) is 6.09. The van der Waals surface area contributed by atoms with Crippen LogP contribution in [0.2, 0.25) is 0 Å². The fourth-order valence-electron chi connectivity index (χ4n) is 1.95. The molecule has 1 heterocycles. The zero-order chi connectivity index (χ0) is 13.7. The number of rotatable bonds is 5. The maximum Gasteiger partial charge on any atom is 0.149 e. The monoisotopic (exact) mass is 256 g/mol. The van der Waals surface area contributed by atoms with E-state index in [2.05, 4.69) is 41.5 Å². The number of hydrogen-bond acceptors (Lipinski definition) is 4. The minimum absolute atomic E-state index is 0.376. The molecule has 0 aliphatic heterocycles. The van der Waals surface area contributed by atoms with Crippen molar-refractivity contribution in [2.45, 2.75) is 19.3 Å². The zero-order valence-corrected chi connectivity index (χ0v) is 11.1. The number of pyridine rings is 1. The van der Waals surface area contributed by atoms with Crippen molar-refractivity contribution >= 4 is 17.3 Å². The third-order valence-electron chi connectivity index (χ3n) is 3.21. The minimum Gasteiger partial charge on any atom is -0.396 e. The fourth-order valence-corrected chi connectivity index (χ4v) is 1.95. The summed E-state index contributed by atoms with van der Waals surface area (Å²) in [7, 11) is 0. The van der Waals surface area contributed by atoms with Crippen LogP contribution in [0.1, 0.15) is 24.8 Å². The fraction of sp³-hybridized carbons (Fsp3) is 0.267. The average Bonchev–Trinajstić information content (AvgIpc) is 2.43. The Kier molecular flexibility index (Phi) is 4.23. The van der Waals surface area contributed by atoms with Gasteiger partial charge < -0.3 is 16.8 Å². The van der Waals surface area contributed by atoms with Gasteiger partial charge in [0, 0.05) is 6.54 Å². The quantitative estimate of drug-likeness (QED) is 0.768. The second-order valence-corrected chi connectivity index (χ2v) is 4.70. The van der Waals surface area contributed by atoms with Gasteiger partial charge in [-0.3, -0.25) is 0 Å². The second-order valence-electron chi connectivity index (χ2n) is 4.70. The summed E-state index contributed by atoms with van der Waals surface area (Å²) in [5.74, 6) is 1.66. The smallest absolute Gasteiger partial charge is 0.149 e. The van der Waals surface area contributed by atoms with Gasteiger partial charge in [0.25, 0.3) is 0 Å². The molecule has 2 aromatic rings. The molecule has 5 N–H and O–H groups in total. The summed E-state index contributed by atoms with van der Waals surface area (Å²) in [5.41, 5.74) is 13.2.